The first-order valence-corrected chi connectivity index (χ1v) is 18.2. The second kappa shape index (κ2) is 13.4. The monoisotopic (exact) mass is 669 g/mol. The van der Waals surface area contributed by atoms with Gasteiger partial charge in [0.05, 0.1) is 28.7 Å². The van der Waals surface area contributed by atoms with Gasteiger partial charge in [0.1, 0.15) is 5.41 Å². The first-order chi connectivity index (χ1) is 22.5. The lowest BCUT2D eigenvalue weighted by molar-refractivity contribution is -0.199. The van der Waals surface area contributed by atoms with Crippen molar-refractivity contribution in [3.63, 3.8) is 0 Å². The smallest absolute Gasteiger partial charge is 0.248 e. The molecule has 1 atom stereocenters. The van der Waals surface area contributed by atoms with Crippen molar-refractivity contribution < 1.29 is 9.59 Å². The van der Waals surface area contributed by atoms with Crippen LogP contribution in [0.25, 0.3) is 0 Å². The van der Waals surface area contributed by atoms with Gasteiger partial charge in [-0.1, -0.05) is 41.1 Å². The Kier molecular flexibility index (Phi) is 10.5. The Labute approximate surface area is 297 Å². The summed E-state index contributed by atoms with van der Waals surface area (Å²) in [6.45, 7) is 38.4. The molecule has 7 nitrogen and oxygen atoms in total. The van der Waals surface area contributed by atoms with E-state index < -0.39 is 5.41 Å². The van der Waals surface area contributed by atoms with Gasteiger partial charge in [-0.3, -0.25) is 29.3 Å². The standard InChI is InChI=1S/C42H63N5O2/c1-24(2)43(25(3)4)38-34(47(42(38,17)18)46(26(5)6)27(7)8)23-35-44(36-30(11)19-28(9)20-31(36)12)39(48)41(15,16)40(49)45(35)37-32(13)21-29(10)22-33(37)14/h19-22,24-27,38H,1-18H3. The number of nitrogens with zero attached hydrogens (tertiary/aromatic N) is 5. The lowest BCUT2D eigenvalue weighted by atomic mass is 9.78. The van der Waals surface area contributed by atoms with Crippen LogP contribution in [-0.4, -0.2) is 62.5 Å². The molecular formula is C42H63N5O2. The molecule has 0 radical (unpaired) electrons. The van der Waals surface area contributed by atoms with Crippen LogP contribution in [0.2, 0.25) is 0 Å². The number of hydrazine groups is 1. The van der Waals surface area contributed by atoms with Crippen LogP contribution in [0.5, 0.6) is 0 Å². The summed E-state index contributed by atoms with van der Waals surface area (Å²) < 4.78 is 0. The molecule has 268 valence electrons. The van der Waals surface area contributed by atoms with Crippen molar-refractivity contribution >= 4 is 23.2 Å². The SMILES string of the molecule is Cc1cc(C)c(N2C(=O)C(C)(C)C(=O)N(c3c(C)cc(C)cc3C)C2=C=C2C(N(C(C)C)C(C)C)C(C)(C)N2N(C(C)C)C(C)C)c(C)c1. The number of amides is 2. The highest BCUT2D eigenvalue weighted by Gasteiger charge is 2.58. The molecule has 2 saturated heterocycles. The molecule has 2 aliphatic rings. The maximum atomic E-state index is 14.9. The second-order valence-electron chi connectivity index (χ2n) is 16.8. The Bertz CT molecular complexity index is 1530. The largest absolute Gasteiger partial charge is 0.292 e. The highest BCUT2D eigenvalue weighted by Crippen LogP contribution is 2.49. The molecule has 2 fully saturated rings. The minimum atomic E-state index is -1.31. The van der Waals surface area contributed by atoms with Crippen LogP contribution in [0.15, 0.2) is 41.5 Å². The van der Waals surface area contributed by atoms with Crippen LogP contribution in [0, 0.1) is 47.0 Å². The van der Waals surface area contributed by atoms with Crippen LogP contribution in [0.3, 0.4) is 0 Å². The number of hydrogen-bond acceptors (Lipinski definition) is 5. The van der Waals surface area contributed by atoms with Crippen LogP contribution < -0.4 is 9.80 Å². The van der Waals surface area contributed by atoms with E-state index in [1.54, 1.807) is 13.8 Å². The molecule has 0 bridgehead atoms. The second-order valence-corrected chi connectivity index (χ2v) is 16.8. The minimum absolute atomic E-state index is 0.0238. The fourth-order valence-electron chi connectivity index (χ4n) is 8.74. The number of benzene rings is 2. The summed E-state index contributed by atoms with van der Waals surface area (Å²) in [5, 5.41) is 4.82. The number of anilines is 2. The molecule has 0 saturated carbocycles. The maximum absolute atomic E-state index is 14.9. The van der Waals surface area contributed by atoms with Crippen LogP contribution in [0.1, 0.15) is 116 Å². The molecule has 2 aliphatic heterocycles. The molecule has 0 spiro atoms. The van der Waals surface area contributed by atoms with Gasteiger partial charge in [0.15, 0.2) is 5.82 Å². The molecule has 0 N–H and O–H groups in total. The van der Waals surface area contributed by atoms with Gasteiger partial charge >= 0.3 is 0 Å². The quantitative estimate of drug-likeness (QED) is 0.208. The molecule has 0 aliphatic carbocycles. The fraction of sp³-hybridized carbons (Fsp3) is 0.595. The summed E-state index contributed by atoms with van der Waals surface area (Å²) >= 11 is 0. The third-order valence-electron chi connectivity index (χ3n) is 10.3. The average molecular weight is 670 g/mol. The Balaban J connectivity index is 2.30. The number of carbonyl (C=O) groups excluding carboxylic acids is 2. The van der Waals surface area contributed by atoms with E-state index in [9.17, 15) is 9.59 Å². The molecule has 2 aromatic carbocycles. The maximum Gasteiger partial charge on any atom is 0.248 e. The Hall–Kier alpha value is -3.38. The van der Waals surface area contributed by atoms with E-state index in [-0.39, 0.29) is 47.6 Å². The van der Waals surface area contributed by atoms with Crippen LogP contribution in [-0.2, 0) is 9.59 Å². The number of hydrogen-bond donors (Lipinski definition) is 0. The van der Waals surface area contributed by atoms with Gasteiger partial charge in [-0.25, -0.2) is 5.01 Å². The van der Waals surface area contributed by atoms with Crippen molar-refractivity contribution in [3.8, 4) is 0 Å². The molecule has 2 aromatic rings. The number of aryl methyl sites for hydroxylation is 6. The first kappa shape index (κ1) is 38.4. The van der Waals surface area contributed by atoms with E-state index in [4.69, 9.17) is 0 Å². The Morgan fingerprint density at radius 1 is 0.612 bits per heavy atom. The van der Waals surface area contributed by atoms with E-state index in [1.807, 2.05) is 9.80 Å². The normalized spacial score (nSPS) is 19.4. The van der Waals surface area contributed by atoms with Crippen LogP contribution in [0.4, 0.5) is 11.4 Å². The van der Waals surface area contributed by atoms with E-state index in [1.165, 1.54) is 0 Å². The van der Waals surface area contributed by atoms with Gasteiger partial charge in [0.25, 0.3) is 0 Å². The minimum Gasteiger partial charge on any atom is -0.292 e. The summed E-state index contributed by atoms with van der Waals surface area (Å²) in [6.07, 6.45) is 0. The van der Waals surface area contributed by atoms with Gasteiger partial charge < -0.3 is 0 Å². The van der Waals surface area contributed by atoms with Gasteiger partial charge in [-0.05, 0) is 147 Å². The lowest BCUT2D eigenvalue weighted by Gasteiger charge is -2.66. The summed E-state index contributed by atoms with van der Waals surface area (Å²) in [5.41, 5.74) is 11.1. The number of carbonyl (C=O) groups is 2. The van der Waals surface area contributed by atoms with Crippen molar-refractivity contribution in [2.45, 2.75) is 160 Å². The third-order valence-corrected chi connectivity index (χ3v) is 10.3. The van der Waals surface area contributed by atoms with E-state index in [0.29, 0.717) is 5.82 Å². The summed E-state index contributed by atoms with van der Waals surface area (Å²) in [6, 6.07) is 9.38. The predicted molar refractivity (Wildman–Crippen MR) is 205 cm³/mol. The molecule has 7 heteroatoms. The van der Waals surface area contributed by atoms with Crippen molar-refractivity contribution in [3.05, 3.63) is 74.9 Å². The van der Waals surface area contributed by atoms with Crippen molar-refractivity contribution in [2.24, 2.45) is 5.41 Å². The van der Waals surface area contributed by atoms with E-state index in [2.05, 4.69) is 156 Å². The van der Waals surface area contributed by atoms with Crippen molar-refractivity contribution in [1.29, 1.82) is 0 Å². The molecule has 0 aromatic heterocycles. The third kappa shape index (κ3) is 6.39. The molecule has 2 heterocycles. The lowest BCUT2D eigenvalue weighted by Crippen LogP contribution is -2.77. The van der Waals surface area contributed by atoms with Gasteiger partial charge in [0.2, 0.25) is 11.8 Å². The zero-order valence-corrected chi connectivity index (χ0v) is 33.7. The van der Waals surface area contributed by atoms with Gasteiger partial charge in [-0.15, -0.1) is 0 Å². The highest BCUT2D eigenvalue weighted by molar-refractivity contribution is 6.23. The first-order valence-electron chi connectivity index (χ1n) is 18.2. The molecule has 4 rings (SSSR count). The summed E-state index contributed by atoms with van der Waals surface area (Å²) in [4.78, 5) is 36.0. The highest BCUT2D eigenvalue weighted by atomic mass is 16.2. The van der Waals surface area contributed by atoms with E-state index in [0.717, 1.165) is 50.5 Å². The predicted octanol–water partition coefficient (Wildman–Crippen LogP) is 8.88. The van der Waals surface area contributed by atoms with Crippen molar-refractivity contribution in [1.82, 2.24) is 14.9 Å². The molecular weight excluding hydrogens is 606 g/mol. The zero-order valence-electron chi connectivity index (χ0n) is 33.7. The van der Waals surface area contributed by atoms with Crippen molar-refractivity contribution in [2.75, 3.05) is 9.80 Å². The van der Waals surface area contributed by atoms with Gasteiger partial charge in [0, 0.05) is 24.2 Å². The Morgan fingerprint density at radius 2 is 0.959 bits per heavy atom. The summed E-state index contributed by atoms with van der Waals surface area (Å²) in [7, 11) is 0. The summed E-state index contributed by atoms with van der Waals surface area (Å²) in [5.74, 6) is -0.0323. The molecule has 49 heavy (non-hydrogen) atoms. The molecule has 2 amide bonds. The fourth-order valence-corrected chi connectivity index (χ4v) is 8.74. The average Bonchev–Trinajstić information content (AvgIpc) is 2.93. The topological polar surface area (TPSA) is 50.3 Å². The van der Waals surface area contributed by atoms with Gasteiger partial charge in [-0.2, -0.15) is 0 Å². The number of rotatable bonds is 8. The Morgan fingerprint density at radius 3 is 1.27 bits per heavy atom. The van der Waals surface area contributed by atoms with E-state index >= 15 is 0 Å². The van der Waals surface area contributed by atoms with Crippen LogP contribution >= 0.6 is 0 Å². The molecule has 1 unspecified atom stereocenters. The zero-order chi connectivity index (χ0) is 37.2.